The summed E-state index contributed by atoms with van der Waals surface area (Å²) in [6.45, 7) is 3.48. The highest BCUT2D eigenvalue weighted by Gasteiger charge is 2.41. The summed E-state index contributed by atoms with van der Waals surface area (Å²) in [6.07, 6.45) is 0. The summed E-state index contributed by atoms with van der Waals surface area (Å²) in [5, 5.41) is 0.457. The lowest BCUT2D eigenvalue weighted by atomic mass is 10.2. The Morgan fingerprint density at radius 2 is 1.53 bits per heavy atom. The Balaban J connectivity index is 1.97. The molecule has 0 aliphatic carbocycles. The average Bonchev–Trinajstić information content (AvgIpc) is 2.88. The molecule has 0 amide bonds. The van der Waals surface area contributed by atoms with Crippen LogP contribution in [0, 0.1) is 0 Å². The van der Waals surface area contributed by atoms with Crippen molar-refractivity contribution in [2.75, 3.05) is 27.4 Å². The number of methoxy groups -OCH3 is 2. The number of carbonyl (C=O) groups excluding carboxylic acids is 1. The number of rotatable bonds is 12. The van der Waals surface area contributed by atoms with E-state index in [2.05, 4.69) is 9.97 Å². The molecule has 3 aromatic rings. The maximum absolute atomic E-state index is 13.6. The second-order valence-electron chi connectivity index (χ2n) is 7.02. The fourth-order valence-corrected chi connectivity index (χ4v) is 5.05. The van der Waals surface area contributed by atoms with Crippen LogP contribution >= 0.6 is 19.2 Å². The molecule has 36 heavy (non-hydrogen) atoms. The summed E-state index contributed by atoms with van der Waals surface area (Å²) in [5.74, 6) is -1.69. The standard InChI is InChI=1S/C24H26ClN2O8P/c1-5-32-36(29,33-6-2)23(16-11-13-17(25)14-12-16)35-22(28)18-9-7-8-10-19(18)34-24-26-20(30-3)15-21(27-24)31-4/h7-15,23H,5-6H2,1-4H3. The van der Waals surface area contributed by atoms with Gasteiger partial charge in [0.15, 0.2) is 0 Å². The number of hydrogen-bond donors (Lipinski definition) is 0. The van der Waals surface area contributed by atoms with E-state index in [0.717, 1.165) is 0 Å². The van der Waals surface area contributed by atoms with Gasteiger partial charge in [0.25, 0.3) is 0 Å². The topological polar surface area (TPSA) is 115 Å². The van der Waals surface area contributed by atoms with Crippen molar-refractivity contribution in [2.24, 2.45) is 0 Å². The van der Waals surface area contributed by atoms with Crippen LogP contribution in [-0.2, 0) is 18.3 Å². The molecule has 0 spiro atoms. The van der Waals surface area contributed by atoms with Crippen LogP contribution in [-0.4, -0.2) is 43.4 Å². The largest absolute Gasteiger partial charge is 0.481 e. The molecule has 0 bridgehead atoms. The van der Waals surface area contributed by atoms with Crippen LogP contribution in [0.3, 0.4) is 0 Å². The number of halogens is 1. The molecule has 3 rings (SSSR count). The van der Waals surface area contributed by atoms with Gasteiger partial charge in [0.2, 0.25) is 17.6 Å². The maximum atomic E-state index is 13.6. The summed E-state index contributed by atoms with van der Waals surface area (Å²) in [5.41, 5.74) is 0.415. The summed E-state index contributed by atoms with van der Waals surface area (Å²) >= 11 is 6.01. The Morgan fingerprint density at radius 3 is 2.08 bits per heavy atom. The van der Waals surface area contributed by atoms with Gasteiger partial charge in [0.05, 0.1) is 33.5 Å². The van der Waals surface area contributed by atoms with Gasteiger partial charge < -0.3 is 28.0 Å². The van der Waals surface area contributed by atoms with Crippen molar-refractivity contribution in [1.29, 1.82) is 0 Å². The number of carbonyl (C=O) groups is 1. The number of esters is 1. The SMILES string of the molecule is CCOP(=O)(OCC)C(OC(=O)c1ccccc1Oc1nc(OC)cc(OC)n1)c1ccc(Cl)cc1. The molecule has 1 unspecified atom stereocenters. The van der Waals surface area contributed by atoms with E-state index in [4.69, 9.17) is 39.6 Å². The molecule has 10 nitrogen and oxygen atoms in total. The van der Waals surface area contributed by atoms with Gasteiger partial charge in [0, 0.05) is 10.6 Å². The van der Waals surface area contributed by atoms with E-state index in [9.17, 15) is 9.36 Å². The van der Waals surface area contributed by atoms with Gasteiger partial charge in [-0.05, 0) is 38.1 Å². The zero-order valence-electron chi connectivity index (χ0n) is 20.2. The number of nitrogens with zero attached hydrogens (tertiary/aromatic N) is 2. The Kier molecular flexibility index (Phi) is 9.66. The van der Waals surface area contributed by atoms with Gasteiger partial charge in [-0.25, -0.2) is 4.79 Å². The number of benzene rings is 2. The second kappa shape index (κ2) is 12.7. The molecule has 2 aromatic carbocycles. The van der Waals surface area contributed by atoms with E-state index < -0.39 is 19.4 Å². The zero-order valence-corrected chi connectivity index (χ0v) is 21.8. The average molecular weight is 537 g/mol. The molecule has 0 radical (unpaired) electrons. The van der Waals surface area contributed by atoms with Crippen LogP contribution in [0.5, 0.6) is 23.5 Å². The first-order chi connectivity index (χ1) is 17.3. The third kappa shape index (κ3) is 6.73. The smallest absolute Gasteiger partial charge is 0.375 e. The Morgan fingerprint density at radius 1 is 0.944 bits per heavy atom. The van der Waals surface area contributed by atoms with E-state index in [0.29, 0.717) is 10.6 Å². The van der Waals surface area contributed by atoms with E-state index in [1.807, 2.05) is 0 Å². The van der Waals surface area contributed by atoms with Gasteiger partial charge in [-0.2, -0.15) is 9.97 Å². The van der Waals surface area contributed by atoms with Crippen LogP contribution < -0.4 is 14.2 Å². The molecule has 1 heterocycles. The molecular formula is C24H26ClN2O8P. The predicted molar refractivity (Wildman–Crippen MR) is 132 cm³/mol. The molecule has 0 saturated heterocycles. The van der Waals surface area contributed by atoms with Crippen molar-refractivity contribution >= 4 is 25.2 Å². The molecular weight excluding hydrogens is 511 g/mol. The van der Waals surface area contributed by atoms with E-state index >= 15 is 0 Å². The minimum absolute atomic E-state index is 0.0291. The quantitative estimate of drug-likeness (QED) is 0.200. The number of aromatic nitrogens is 2. The van der Waals surface area contributed by atoms with Crippen LogP contribution in [0.4, 0.5) is 0 Å². The predicted octanol–water partition coefficient (Wildman–Crippen LogP) is 6.06. The summed E-state index contributed by atoms with van der Waals surface area (Å²) in [4.78, 5) is 21.6. The number of ether oxygens (including phenoxy) is 4. The van der Waals surface area contributed by atoms with Crippen LogP contribution in [0.15, 0.2) is 54.6 Å². The lowest BCUT2D eigenvalue weighted by Crippen LogP contribution is -2.16. The normalized spacial score (nSPS) is 12.0. The van der Waals surface area contributed by atoms with E-state index in [1.54, 1.807) is 50.2 Å². The second-order valence-corrected chi connectivity index (χ2v) is 9.52. The minimum atomic E-state index is -3.93. The molecule has 0 aliphatic rings. The van der Waals surface area contributed by atoms with Crippen LogP contribution in [0.2, 0.25) is 5.02 Å². The first kappa shape index (κ1) is 27.4. The summed E-state index contributed by atoms with van der Waals surface area (Å²) in [7, 11) is -1.06. The van der Waals surface area contributed by atoms with Crippen molar-refractivity contribution < 1.29 is 37.4 Å². The Bertz CT molecular complexity index is 1190. The molecule has 0 fully saturated rings. The highest BCUT2D eigenvalue weighted by Crippen LogP contribution is 2.61. The number of para-hydroxylation sites is 1. The molecule has 192 valence electrons. The molecule has 0 saturated carbocycles. The van der Waals surface area contributed by atoms with Crippen molar-refractivity contribution in [1.82, 2.24) is 9.97 Å². The maximum Gasteiger partial charge on any atom is 0.375 e. The molecule has 0 N–H and O–H groups in total. The van der Waals surface area contributed by atoms with Crippen LogP contribution in [0.25, 0.3) is 0 Å². The van der Waals surface area contributed by atoms with Crippen molar-refractivity contribution in [2.45, 2.75) is 19.7 Å². The highest BCUT2D eigenvalue weighted by molar-refractivity contribution is 7.54. The monoisotopic (exact) mass is 536 g/mol. The van der Waals surface area contributed by atoms with Gasteiger partial charge in [0.1, 0.15) is 11.3 Å². The summed E-state index contributed by atoms with van der Waals surface area (Å²) < 4.78 is 46.4. The highest BCUT2D eigenvalue weighted by atomic mass is 35.5. The molecule has 1 aromatic heterocycles. The Labute approximate surface area is 214 Å². The number of hydrogen-bond acceptors (Lipinski definition) is 10. The van der Waals surface area contributed by atoms with Gasteiger partial charge in [-0.1, -0.05) is 35.9 Å². The third-order valence-corrected chi connectivity index (χ3v) is 7.13. The van der Waals surface area contributed by atoms with E-state index in [-0.39, 0.29) is 42.3 Å². The molecule has 12 heteroatoms. The fourth-order valence-electron chi connectivity index (χ4n) is 3.10. The fraction of sp³-hybridized carbons (Fsp3) is 0.292. The van der Waals surface area contributed by atoms with E-state index in [1.165, 1.54) is 32.4 Å². The van der Waals surface area contributed by atoms with Crippen molar-refractivity contribution in [3.05, 3.63) is 70.7 Å². The third-order valence-electron chi connectivity index (χ3n) is 4.66. The summed E-state index contributed by atoms with van der Waals surface area (Å²) in [6, 6.07) is 14.0. The lowest BCUT2D eigenvalue weighted by Gasteiger charge is -2.26. The van der Waals surface area contributed by atoms with Gasteiger partial charge >= 0.3 is 19.6 Å². The van der Waals surface area contributed by atoms with Gasteiger partial charge in [-0.3, -0.25) is 4.57 Å². The lowest BCUT2D eigenvalue weighted by molar-refractivity contribution is 0.0361. The van der Waals surface area contributed by atoms with Crippen LogP contribution in [0.1, 0.15) is 35.6 Å². The minimum Gasteiger partial charge on any atom is -0.481 e. The molecule has 0 aliphatic heterocycles. The first-order valence-corrected chi connectivity index (χ1v) is 12.9. The Hall–Kier alpha value is -3.17. The first-order valence-electron chi connectivity index (χ1n) is 10.9. The van der Waals surface area contributed by atoms with Crippen molar-refractivity contribution in [3.63, 3.8) is 0 Å². The zero-order chi connectivity index (χ0) is 26.1. The van der Waals surface area contributed by atoms with Crippen molar-refractivity contribution in [3.8, 4) is 23.5 Å². The molecule has 1 atom stereocenters. The van der Waals surface area contributed by atoms with Gasteiger partial charge in [-0.15, -0.1) is 0 Å².